The Balaban J connectivity index is 0.000000508. The van der Waals surface area contributed by atoms with E-state index in [9.17, 15) is 9.59 Å². The van der Waals surface area contributed by atoms with Crippen LogP contribution in [0.25, 0.3) is 0 Å². The maximum absolute atomic E-state index is 12.0. The number of Topliss-reactive ketones (excluding diaryl/α,β-unsaturated/α-hetero) is 1. The minimum absolute atomic E-state index is 0.122. The maximum Gasteiger partial charge on any atom is 0.254 e. The van der Waals surface area contributed by atoms with Crippen molar-refractivity contribution in [2.75, 3.05) is 6.54 Å². The second-order valence-electron chi connectivity index (χ2n) is 6.55. The van der Waals surface area contributed by atoms with Gasteiger partial charge in [0, 0.05) is 30.0 Å². The fourth-order valence-electron chi connectivity index (χ4n) is 2.59. The van der Waals surface area contributed by atoms with Crippen molar-refractivity contribution in [2.24, 2.45) is 0 Å². The first-order chi connectivity index (χ1) is 14.5. The van der Waals surface area contributed by atoms with Crippen molar-refractivity contribution in [3.05, 3.63) is 82.1 Å². The third-order valence-corrected chi connectivity index (χ3v) is 4.78. The summed E-state index contributed by atoms with van der Waals surface area (Å²) in [6, 6.07) is 11.7. The summed E-state index contributed by atoms with van der Waals surface area (Å²) in [5, 5.41) is 1.98. The van der Waals surface area contributed by atoms with Gasteiger partial charge in [0.25, 0.3) is 5.91 Å². The second-order valence-corrected chi connectivity index (χ2v) is 7.58. The molecule has 164 valence electrons. The van der Waals surface area contributed by atoms with E-state index in [1.54, 1.807) is 24.3 Å². The number of thiophene rings is 1. The summed E-state index contributed by atoms with van der Waals surface area (Å²) >= 11 is 1.63. The van der Waals surface area contributed by atoms with Crippen LogP contribution >= 0.6 is 11.3 Å². The van der Waals surface area contributed by atoms with E-state index in [0.29, 0.717) is 19.5 Å². The Bertz CT molecular complexity index is 791. The van der Waals surface area contributed by atoms with Gasteiger partial charge in [-0.05, 0) is 42.5 Å². The monoisotopic (exact) mass is 427 g/mol. The highest BCUT2D eigenvalue weighted by Crippen LogP contribution is 2.23. The molecule has 3 nitrogen and oxygen atoms in total. The average molecular weight is 428 g/mol. The van der Waals surface area contributed by atoms with Crippen molar-refractivity contribution in [2.45, 2.75) is 60.9 Å². The predicted molar refractivity (Wildman–Crippen MR) is 131 cm³/mol. The molecule has 0 unspecified atom stereocenters. The van der Waals surface area contributed by atoms with E-state index < -0.39 is 0 Å². The van der Waals surface area contributed by atoms with E-state index in [-0.39, 0.29) is 11.7 Å². The molecular formula is C26H37NO2S. The van der Waals surface area contributed by atoms with Crippen LogP contribution in [0.15, 0.2) is 66.1 Å². The molecule has 1 aliphatic heterocycles. The lowest BCUT2D eigenvalue weighted by atomic mass is 10.1. The lowest BCUT2D eigenvalue weighted by Crippen LogP contribution is -2.25. The zero-order valence-electron chi connectivity index (χ0n) is 19.4. The number of hydrogen-bond donors (Lipinski definition) is 0. The number of carbonyl (C=O) groups excluding carboxylic acids is 2. The summed E-state index contributed by atoms with van der Waals surface area (Å²) in [6.07, 6.45) is 5.64. The van der Waals surface area contributed by atoms with Crippen LogP contribution in [-0.2, 0) is 17.8 Å². The Morgan fingerprint density at radius 2 is 1.80 bits per heavy atom. The van der Waals surface area contributed by atoms with Crippen molar-refractivity contribution >= 4 is 23.0 Å². The molecule has 0 radical (unpaired) electrons. The lowest BCUT2D eigenvalue weighted by molar-refractivity contribution is -0.116. The van der Waals surface area contributed by atoms with Crippen molar-refractivity contribution in [1.29, 1.82) is 0 Å². The first kappa shape index (κ1) is 27.5. The highest BCUT2D eigenvalue weighted by Gasteiger charge is 2.26. The lowest BCUT2D eigenvalue weighted by Gasteiger charge is -2.15. The molecule has 0 N–H and O–H groups in total. The van der Waals surface area contributed by atoms with E-state index in [1.165, 1.54) is 6.42 Å². The summed E-state index contributed by atoms with van der Waals surface area (Å²) in [7, 11) is 0. The predicted octanol–water partition coefficient (Wildman–Crippen LogP) is 7.10. The Morgan fingerprint density at radius 3 is 2.27 bits per heavy atom. The molecule has 2 aromatic rings. The summed E-state index contributed by atoms with van der Waals surface area (Å²) < 4.78 is 0. The first-order valence-corrected chi connectivity index (χ1v) is 11.5. The van der Waals surface area contributed by atoms with Gasteiger partial charge in [-0.15, -0.1) is 11.3 Å². The molecule has 1 aromatic heterocycles. The quantitative estimate of drug-likeness (QED) is 0.477. The molecule has 0 saturated heterocycles. The van der Waals surface area contributed by atoms with Crippen LogP contribution in [0.2, 0.25) is 0 Å². The SMILES string of the molecule is C=C/C(=C\C)CN1Cc2ccccc2C1=O.CC.CC(=O)Cc1cccs1.CCC. The van der Waals surface area contributed by atoms with Crippen LogP contribution in [0, 0.1) is 0 Å². The van der Waals surface area contributed by atoms with E-state index in [4.69, 9.17) is 0 Å². The number of benzene rings is 1. The van der Waals surface area contributed by atoms with Gasteiger partial charge in [-0.3, -0.25) is 9.59 Å². The van der Waals surface area contributed by atoms with Crippen LogP contribution in [0.5, 0.6) is 0 Å². The molecule has 1 amide bonds. The zero-order valence-corrected chi connectivity index (χ0v) is 20.2. The topological polar surface area (TPSA) is 37.4 Å². The van der Waals surface area contributed by atoms with Crippen LogP contribution in [-0.4, -0.2) is 23.1 Å². The van der Waals surface area contributed by atoms with Crippen molar-refractivity contribution in [3.63, 3.8) is 0 Å². The smallest absolute Gasteiger partial charge is 0.254 e. The molecule has 1 aliphatic rings. The number of carbonyl (C=O) groups is 2. The standard InChI is InChI=1S/C14H15NO.C7H8OS.C3H8.C2H6/c1-3-11(4-2)9-15-10-12-7-5-6-8-13(12)14(15)16;1-6(8)5-7-3-2-4-9-7;1-3-2;1-2/h3-8H,1,9-10H2,2H3;2-4H,5H2,1H3;3H2,1-2H3;1-2H3/b11-4+;;;. The number of hydrogen-bond acceptors (Lipinski definition) is 3. The third kappa shape index (κ3) is 9.84. The van der Waals surface area contributed by atoms with Gasteiger partial charge in [-0.1, -0.05) is 77.1 Å². The summed E-state index contributed by atoms with van der Waals surface area (Å²) in [6.45, 7) is 16.9. The number of rotatable bonds is 5. The molecule has 4 heteroatoms. The Morgan fingerprint density at radius 1 is 1.17 bits per heavy atom. The second kappa shape index (κ2) is 16.3. The van der Waals surface area contributed by atoms with Gasteiger partial charge in [0.05, 0.1) is 0 Å². The molecule has 30 heavy (non-hydrogen) atoms. The number of ketones is 1. The molecule has 0 bridgehead atoms. The van der Waals surface area contributed by atoms with Crippen molar-refractivity contribution in [3.8, 4) is 0 Å². The number of allylic oxidation sites excluding steroid dienone is 1. The number of nitrogens with zero attached hydrogens (tertiary/aromatic N) is 1. The zero-order chi connectivity index (χ0) is 22.9. The van der Waals surface area contributed by atoms with Crippen LogP contribution in [0.4, 0.5) is 0 Å². The molecule has 0 fully saturated rings. The van der Waals surface area contributed by atoms with Gasteiger partial charge < -0.3 is 4.90 Å². The third-order valence-electron chi connectivity index (χ3n) is 3.91. The highest BCUT2D eigenvalue weighted by atomic mass is 32.1. The normalized spacial score (nSPS) is 11.7. The van der Waals surface area contributed by atoms with Crippen molar-refractivity contribution in [1.82, 2.24) is 4.90 Å². The number of amides is 1. The fourth-order valence-corrected chi connectivity index (χ4v) is 3.37. The maximum atomic E-state index is 12.0. The van der Waals surface area contributed by atoms with E-state index in [2.05, 4.69) is 20.4 Å². The Hall–Kier alpha value is -2.46. The van der Waals surface area contributed by atoms with E-state index in [1.807, 2.05) is 73.5 Å². The first-order valence-electron chi connectivity index (χ1n) is 10.6. The highest BCUT2D eigenvalue weighted by molar-refractivity contribution is 7.10. The molecule has 0 saturated carbocycles. The van der Waals surface area contributed by atoms with Gasteiger partial charge in [0.15, 0.2) is 0 Å². The van der Waals surface area contributed by atoms with Crippen LogP contribution < -0.4 is 0 Å². The molecular weight excluding hydrogens is 390 g/mol. The van der Waals surface area contributed by atoms with Gasteiger partial charge in [0.1, 0.15) is 5.78 Å². The molecule has 0 aliphatic carbocycles. The fraction of sp³-hybridized carbons (Fsp3) is 0.385. The largest absolute Gasteiger partial charge is 0.330 e. The molecule has 2 heterocycles. The summed E-state index contributed by atoms with van der Waals surface area (Å²) in [5.74, 6) is 0.356. The number of fused-ring (bicyclic) bond motifs is 1. The minimum Gasteiger partial charge on any atom is -0.330 e. The van der Waals surface area contributed by atoms with E-state index >= 15 is 0 Å². The minimum atomic E-state index is 0.122. The van der Waals surface area contributed by atoms with Gasteiger partial charge >= 0.3 is 0 Å². The van der Waals surface area contributed by atoms with Gasteiger partial charge in [-0.25, -0.2) is 0 Å². The molecule has 0 atom stereocenters. The average Bonchev–Trinajstić information content (AvgIpc) is 3.36. The van der Waals surface area contributed by atoms with Gasteiger partial charge in [-0.2, -0.15) is 0 Å². The van der Waals surface area contributed by atoms with E-state index in [0.717, 1.165) is 21.6 Å². The summed E-state index contributed by atoms with van der Waals surface area (Å²) in [5.41, 5.74) is 3.04. The Kier molecular flexibility index (Phi) is 15.0. The molecule has 3 rings (SSSR count). The molecule has 0 spiro atoms. The Labute approximate surface area is 187 Å². The molecule has 1 aromatic carbocycles. The summed E-state index contributed by atoms with van der Waals surface area (Å²) in [4.78, 5) is 25.6. The van der Waals surface area contributed by atoms with Crippen molar-refractivity contribution < 1.29 is 9.59 Å². The van der Waals surface area contributed by atoms with Crippen LogP contribution in [0.1, 0.15) is 68.8 Å². The van der Waals surface area contributed by atoms with Crippen LogP contribution in [0.3, 0.4) is 0 Å². The van der Waals surface area contributed by atoms with Gasteiger partial charge in [0.2, 0.25) is 0 Å².